The summed E-state index contributed by atoms with van der Waals surface area (Å²) < 4.78 is 6.43. The lowest BCUT2D eigenvalue weighted by Crippen LogP contribution is -2.50. The van der Waals surface area contributed by atoms with Gasteiger partial charge < -0.3 is 10.1 Å². The molecular weight excluding hydrogens is 390 g/mol. The van der Waals surface area contributed by atoms with Crippen LogP contribution in [0.3, 0.4) is 0 Å². The number of carbonyl (C=O) groups is 1. The molecule has 0 aliphatic heterocycles. The van der Waals surface area contributed by atoms with E-state index in [-0.39, 0.29) is 16.8 Å². The van der Waals surface area contributed by atoms with E-state index in [1.165, 1.54) is 10.7 Å². The third-order valence-electron chi connectivity index (χ3n) is 3.49. The minimum atomic E-state index is -0.718. The van der Waals surface area contributed by atoms with Crippen LogP contribution < -0.4 is 21.6 Å². The molecule has 0 fully saturated rings. The number of amides is 1. The lowest BCUT2D eigenvalue weighted by Gasteiger charge is -2.16. The van der Waals surface area contributed by atoms with E-state index in [2.05, 4.69) is 21.3 Å². The molecule has 0 saturated heterocycles. The maximum atomic E-state index is 12.4. The van der Waals surface area contributed by atoms with E-state index in [0.717, 1.165) is 0 Å². The Bertz CT molecular complexity index is 902. The molecular formula is C17H20ClN5O3S. The van der Waals surface area contributed by atoms with Crippen molar-refractivity contribution in [2.24, 2.45) is 0 Å². The first-order valence-corrected chi connectivity index (χ1v) is 8.83. The first-order chi connectivity index (χ1) is 12.8. The zero-order valence-corrected chi connectivity index (χ0v) is 16.6. The summed E-state index contributed by atoms with van der Waals surface area (Å²) in [5.74, 6) is -0.718. The zero-order valence-electron chi connectivity index (χ0n) is 15.1. The van der Waals surface area contributed by atoms with Crippen LogP contribution in [0.15, 0.2) is 35.1 Å². The van der Waals surface area contributed by atoms with Crippen molar-refractivity contribution in [3.8, 4) is 5.69 Å². The van der Waals surface area contributed by atoms with Gasteiger partial charge in [-0.3, -0.25) is 20.4 Å². The molecule has 0 spiro atoms. The summed E-state index contributed by atoms with van der Waals surface area (Å²) in [4.78, 5) is 24.6. The van der Waals surface area contributed by atoms with Crippen molar-refractivity contribution < 1.29 is 9.53 Å². The molecule has 0 bridgehead atoms. The van der Waals surface area contributed by atoms with Gasteiger partial charge in [-0.25, -0.2) is 4.68 Å². The van der Waals surface area contributed by atoms with Crippen molar-refractivity contribution in [2.75, 3.05) is 13.7 Å². The molecule has 0 radical (unpaired) electrons. The summed E-state index contributed by atoms with van der Waals surface area (Å²) >= 11 is 11.3. The number of para-hydroxylation sites is 1. The van der Waals surface area contributed by atoms with Crippen LogP contribution in [-0.2, 0) is 4.74 Å². The SMILES string of the molecule is COC[C@@H](C)NC(=S)NNC(=O)c1nn(-c2ccccc2Cl)c(C)cc1=O. The summed E-state index contributed by atoms with van der Waals surface area (Å²) in [5.41, 5.74) is 5.19. The van der Waals surface area contributed by atoms with Crippen molar-refractivity contribution in [3.05, 3.63) is 57.0 Å². The van der Waals surface area contributed by atoms with Gasteiger partial charge in [0.25, 0.3) is 5.91 Å². The quantitative estimate of drug-likeness (QED) is 0.506. The standard InChI is InChI=1S/C17H20ClN5O3S/c1-10(9-26-3)19-17(27)21-20-16(25)15-14(24)8-11(2)23(22-15)13-7-5-4-6-12(13)18/h4-8,10H,9H2,1-3H3,(H,20,25)(H2,19,21,27)/t10-/m1/s1. The number of nitrogens with zero attached hydrogens (tertiary/aromatic N) is 2. The smallest absolute Gasteiger partial charge is 0.294 e. The fourth-order valence-corrected chi connectivity index (χ4v) is 2.76. The molecule has 27 heavy (non-hydrogen) atoms. The van der Waals surface area contributed by atoms with Crippen LogP contribution in [0.5, 0.6) is 0 Å². The predicted molar refractivity (Wildman–Crippen MR) is 107 cm³/mol. The highest BCUT2D eigenvalue weighted by atomic mass is 35.5. The normalized spacial score (nSPS) is 11.6. The number of carbonyl (C=O) groups excluding carboxylic acids is 1. The van der Waals surface area contributed by atoms with Gasteiger partial charge in [-0.2, -0.15) is 5.10 Å². The van der Waals surface area contributed by atoms with Gasteiger partial charge in [0.05, 0.1) is 17.3 Å². The fraction of sp³-hybridized carbons (Fsp3) is 0.294. The number of aryl methyl sites for hydroxylation is 1. The Hall–Kier alpha value is -2.49. The average Bonchev–Trinajstić information content (AvgIpc) is 2.61. The maximum absolute atomic E-state index is 12.4. The third-order valence-corrected chi connectivity index (χ3v) is 4.03. The molecule has 144 valence electrons. The molecule has 0 unspecified atom stereocenters. The molecule has 1 atom stereocenters. The van der Waals surface area contributed by atoms with Gasteiger partial charge in [-0.05, 0) is 38.2 Å². The van der Waals surface area contributed by atoms with Gasteiger partial charge in [-0.1, -0.05) is 23.7 Å². The number of halogens is 1. The van der Waals surface area contributed by atoms with E-state index in [1.807, 2.05) is 6.92 Å². The molecule has 0 aliphatic carbocycles. The van der Waals surface area contributed by atoms with E-state index < -0.39 is 11.3 Å². The third kappa shape index (κ3) is 5.49. The second kappa shape index (κ2) is 9.45. The summed E-state index contributed by atoms with van der Waals surface area (Å²) in [7, 11) is 1.57. The van der Waals surface area contributed by atoms with E-state index >= 15 is 0 Å². The molecule has 2 rings (SSSR count). The maximum Gasteiger partial charge on any atom is 0.294 e. The number of ether oxygens (including phenoxy) is 1. The lowest BCUT2D eigenvalue weighted by atomic mass is 10.2. The van der Waals surface area contributed by atoms with Gasteiger partial charge in [0.1, 0.15) is 0 Å². The van der Waals surface area contributed by atoms with Crippen LogP contribution >= 0.6 is 23.8 Å². The molecule has 1 aromatic carbocycles. The van der Waals surface area contributed by atoms with Crippen LogP contribution in [0.4, 0.5) is 0 Å². The van der Waals surface area contributed by atoms with Crippen molar-refractivity contribution in [1.29, 1.82) is 0 Å². The number of nitrogens with one attached hydrogen (secondary N) is 3. The zero-order chi connectivity index (χ0) is 20.0. The first kappa shape index (κ1) is 20.8. The van der Waals surface area contributed by atoms with Crippen LogP contribution in [0, 0.1) is 6.92 Å². The molecule has 8 nitrogen and oxygen atoms in total. The fourth-order valence-electron chi connectivity index (χ4n) is 2.30. The Balaban J connectivity index is 2.17. The van der Waals surface area contributed by atoms with Crippen molar-refractivity contribution >= 4 is 34.8 Å². The predicted octanol–water partition coefficient (Wildman–Crippen LogP) is 1.34. The van der Waals surface area contributed by atoms with Gasteiger partial charge in [0, 0.05) is 24.9 Å². The summed E-state index contributed by atoms with van der Waals surface area (Å²) in [6, 6.07) is 8.27. The number of hydrazine groups is 1. The second-order valence-electron chi connectivity index (χ2n) is 5.77. The van der Waals surface area contributed by atoms with Crippen molar-refractivity contribution in [1.82, 2.24) is 25.9 Å². The number of rotatable bonds is 5. The molecule has 3 N–H and O–H groups in total. The van der Waals surface area contributed by atoms with E-state index in [4.69, 9.17) is 28.6 Å². The number of benzene rings is 1. The molecule has 0 aliphatic rings. The Labute approximate surface area is 166 Å². The average molecular weight is 410 g/mol. The molecule has 1 aromatic heterocycles. The topological polar surface area (TPSA) is 97.3 Å². The minimum absolute atomic E-state index is 0.0538. The molecule has 2 aromatic rings. The molecule has 1 amide bonds. The largest absolute Gasteiger partial charge is 0.383 e. The van der Waals surface area contributed by atoms with Crippen LogP contribution in [0.1, 0.15) is 23.1 Å². The molecule has 10 heteroatoms. The van der Waals surface area contributed by atoms with Crippen LogP contribution in [0.2, 0.25) is 5.02 Å². The number of methoxy groups -OCH3 is 1. The minimum Gasteiger partial charge on any atom is -0.383 e. The Morgan fingerprint density at radius 3 is 2.74 bits per heavy atom. The number of hydrogen-bond acceptors (Lipinski definition) is 5. The van der Waals surface area contributed by atoms with Gasteiger partial charge >= 0.3 is 0 Å². The number of aromatic nitrogens is 2. The van der Waals surface area contributed by atoms with Crippen LogP contribution in [0.25, 0.3) is 5.69 Å². The monoisotopic (exact) mass is 409 g/mol. The van der Waals surface area contributed by atoms with E-state index in [1.54, 1.807) is 38.3 Å². The van der Waals surface area contributed by atoms with Crippen LogP contribution in [-0.4, -0.2) is 40.6 Å². The van der Waals surface area contributed by atoms with Gasteiger partial charge in [0.15, 0.2) is 10.8 Å². The van der Waals surface area contributed by atoms with E-state index in [9.17, 15) is 9.59 Å². The van der Waals surface area contributed by atoms with Gasteiger partial charge in [0.2, 0.25) is 5.43 Å². The lowest BCUT2D eigenvalue weighted by molar-refractivity contribution is 0.0935. The summed E-state index contributed by atoms with van der Waals surface area (Å²) in [5, 5.41) is 7.70. The van der Waals surface area contributed by atoms with Crippen molar-refractivity contribution in [2.45, 2.75) is 19.9 Å². The highest BCUT2D eigenvalue weighted by molar-refractivity contribution is 7.80. The van der Waals surface area contributed by atoms with Gasteiger partial charge in [-0.15, -0.1) is 0 Å². The summed E-state index contributed by atoms with van der Waals surface area (Å²) in [6.45, 7) is 4.01. The Morgan fingerprint density at radius 1 is 1.37 bits per heavy atom. The van der Waals surface area contributed by atoms with Crippen molar-refractivity contribution in [3.63, 3.8) is 0 Å². The Morgan fingerprint density at radius 2 is 2.07 bits per heavy atom. The highest BCUT2D eigenvalue weighted by Crippen LogP contribution is 2.19. The molecule has 0 saturated carbocycles. The number of hydrogen-bond donors (Lipinski definition) is 3. The highest BCUT2D eigenvalue weighted by Gasteiger charge is 2.16. The second-order valence-corrected chi connectivity index (χ2v) is 6.59. The van der Waals surface area contributed by atoms with E-state index in [0.29, 0.717) is 23.0 Å². The molecule has 1 heterocycles. The first-order valence-electron chi connectivity index (χ1n) is 8.05. The Kier molecular flexibility index (Phi) is 7.28. The summed E-state index contributed by atoms with van der Waals surface area (Å²) in [6.07, 6.45) is 0. The number of thiocarbonyl (C=S) groups is 1.